The van der Waals surface area contributed by atoms with Crippen LogP contribution < -0.4 is 4.90 Å². The van der Waals surface area contributed by atoms with E-state index in [0.29, 0.717) is 17.5 Å². The molecule has 0 radical (unpaired) electrons. The second kappa shape index (κ2) is 6.62. The number of aromatic nitrogens is 1. The molecule has 3 aliphatic heterocycles. The Morgan fingerprint density at radius 2 is 1.96 bits per heavy atom. The summed E-state index contributed by atoms with van der Waals surface area (Å²) in [7, 11) is 0. The van der Waals surface area contributed by atoms with Crippen LogP contribution in [0, 0.1) is 17.2 Å². The standard InChI is InChI=1S/C20H22N4/c21-11-17-8-9-22-20(10-17)24-14-18-6-7-19(15-24)23(13-18)12-16-4-2-1-3-5-16/h1-5,8-10,18-19H,6-7,12-15H2/t18-,19-/m1/s1. The number of nitrogens with zero attached hydrogens (tertiary/aromatic N) is 4. The first-order chi connectivity index (χ1) is 11.8. The summed E-state index contributed by atoms with van der Waals surface area (Å²) in [5.41, 5.74) is 2.08. The minimum atomic E-state index is 0.566. The molecule has 0 saturated carbocycles. The molecule has 0 spiro atoms. The number of anilines is 1. The molecule has 2 atom stereocenters. The normalized spacial score (nSPS) is 23.7. The lowest BCUT2D eigenvalue weighted by molar-refractivity contribution is 0.126. The highest BCUT2D eigenvalue weighted by atomic mass is 15.3. The maximum atomic E-state index is 9.13. The molecule has 0 amide bonds. The van der Waals surface area contributed by atoms with Crippen LogP contribution in [-0.4, -0.2) is 35.6 Å². The van der Waals surface area contributed by atoms with E-state index in [1.165, 1.54) is 18.4 Å². The molecule has 0 unspecified atom stereocenters. The van der Waals surface area contributed by atoms with Crippen molar-refractivity contribution in [1.82, 2.24) is 9.88 Å². The van der Waals surface area contributed by atoms with Gasteiger partial charge in [0.15, 0.2) is 0 Å². The predicted octanol–water partition coefficient (Wildman–Crippen LogP) is 3.05. The van der Waals surface area contributed by atoms with E-state index in [1.54, 1.807) is 12.3 Å². The summed E-state index contributed by atoms with van der Waals surface area (Å²) in [5, 5.41) is 9.13. The number of fused-ring (bicyclic) bond motifs is 4. The van der Waals surface area contributed by atoms with Gasteiger partial charge in [0.2, 0.25) is 0 Å². The lowest BCUT2D eigenvalue weighted by Gasteiger charge is -2.36. The molecule has 0 N–H and O–H groups in total. The molecule has 1 aromatic heterocycles. The lowest BCUT2D eigenvalue weighted by atomic mass is 9.94. The molecule has 4 heterocycles. The summed E-state index contributed by atoms with van der Waals surface area (Å²) < 4.78 is 0. The molecule has 5 rings (SSSR count). The summed E-state index contributed by atoms with van der Waals surface area (Å²) in [6.45, 7) is 4.24. The van der Waals surface area contributed by atoms with Crippen LogP contribution in [0.5, 0.6) is 0 Å². The molecular formula is C20H22N4. The number of rotatable bonds is 3. The Hall–Kier alpha value is -2.38. The van der Waals surface area contributed by atoms with Crippen LogP contribution in [-0.2, 0) is 6.54 Å². The van der Waals surface area contributed by atoms with Crippen molar-refractivity contribution < 1.29 is 0 Å². The first-order valence-electron chi connectivity index (χ1n) is 8.71. The van der Waals surface area contributed by atoms with Gasteiger partial charge in [0.05, 0.1) is 11.6 Å². The van der Waals surface area contributed by atoms with E-state index in [9.17, 15) is 0 Å². The Morgan fingerprint density at radius 3 is 2.79 bits per heavy atom. The van der Waals surface area contributed by atoms with Gasteiger partial charge in [-0.3, -0.25) is 4.90 Å². The van der Waals surface area contributed by atoms with Crippen molar-refractivity contribution in [3.63, 3.8) is 0 Å². The van der Waals surface area contributed by atoms with E-state index in [1.807, 2.05) is 6.07 Å². The molecular weight excluding hydrogens is 296 g/mol. The van der Waals surface area contributed by atoms with Crippen LogP contribution in [0.3, 0.4) is 0 Å². The summed E-state index contributed by atoms with van der Waals surface area (Å²) >= 11 is 0. The molecule has 4 nitrogen and oxygen atoms in total. The van der Waals surface area contributed by atoms with Gasteiger partial charge < -0.3 is 4.90 Å². The van der Waals surface area contributed by atoms with Gasteiger partial charge in [0, 0.05) is 38.4 Å². The van der Waals surface area contributed by atoms with E-state index in [2.05, 4.69) is 51.2 Å². The van der Waals surface area contributed by atoms with Gasteiger partial charge >= 0.3 is 0 Å². The Labute approximate surface area is 143 Å². The van der Waals surface area contributed by atoms with Crippen LogP contribution in [0.2, 0.25) is 0 Å². The Morgan fingerprint density at radius 1 is 1.08 bits per heavy atom. The summed E-state index contributed by atoms with van der Waals surface area (Å²) in [4.78, 5) is 9.53. The number of hydrogen-bond donors (Lipinski definition) is 0. The number of piperidine rings is 1. The van der Waals surface area contributed by atoms with Crippen molar-refractivity contribution in [2.24, 2.45) is 5.92 Å². The third-order valence-corrected chi connectivity index (χ3v) is 5.25. The fourth-order valence-corrected chi connectivity index (χ4v) is 4.04. The third kappa shape index (κ3) is 3.13. The summed E-state index contributed by atoms with van der Waals surface area (Å²) in [6.07, 6.45) is 4.30. The van der Waals surface area contributed by atoms with Gasteiger partial charge in [0.25, 0.3) is 0 Å². The van der Waals surface area contributed by atoms with Crippen molar-refractivity contribution in [1.29, 1.82) is 5.26 Å². The van der Waals surface area contributed by atoms with Crippen molar-refractivity contribution in [2.75, 3.05) is 24.5 Å². The summed E-state index contributed by atoms with van der Waals surface area (Å²) in [5.74, 6) is 1.63. The molecule has 3 aliphatic rings. The Balaban J connectivity index is 1.53. The maximum Gasteiger partial charge on any atom is 0.129 e. The zero-order valence-electron chi connectivity index (χ0n) is 13.8. The zero-order valence-corrected chi connectivity index (χ0v) is 13.8. The van der Waals surface area contributed by atoms with E-state index in [0.717, 1.165) is 32.0 Å². The molecule has 24 heavy (non-hydrogen) atoms. The molecule has 0 aliphatic carbocycles. The number of pyridine rings is 1. The quantitative estimate of drug-likeness (QED) is 0.872. The van der Waals surface area contributed by atoms with Crippen molar-refractivity contribution in [3.05, 3.63) is 59.8 Å². The van der Waals surface area contributed by atoms with E-state index in [-0.39, 0.29) is 0 Å². The highest BCUT2D eigenvalue weighted by Gasteiger charge is 2.35. The molecule has 122 valence electrons. The van der Waals surface area contributed by atoms with E-state index in [4.69, 9.17) is 5.26 Å². The molecule has 3 fully saturated rings. The average Bonchev–Trinajstić information content (AvgIpc) is 2.94. The van der Waals surface area contributed by atoms with Gasteiger partial charge in [-0.05, 0) is 36.5 Å². The maximum absolute atomic E-state index is 9.13. The van der Waals surface area contributed by atoms with Crippen LogP contribution in [0.1, 0.15) is 24.0 Å². The molecule has 1 aromatic carbocycles. The van der Waals surface area contributed by atoms with Crippen LogP contribution >= 0.6 is 0 Å². The Bertz CT molecular complexity index is 737. The Kier molecular flexibility index (Phi) is 4.18. The monoisotopic (exact) mass is 318 g/mol. The molecule has 3 saturated heterocycles. The topological polar surface area (TPSA) is 43.2 Å². The highest BCUT2D eigenvalue weighted by molar-refractivity contribution is 5.45. The molecule has 4 heteroatoms. The fraction of sp³-hybridized carbons (Fsp3) is 0.400. The van der Waals surface area contributed by atoms with Gasteiger partial charge in [0.1, 0.15) is 5.82 Å². The number of benzene rings is 1. The van der Waals surface area contributed by atoms with Crippen LogP contribution in [0.25, 0.3) is 0 Å². The van der Waals surface area contributed by atoms with Gasteiger partial charge in [-0.15, -0.1) is 0 Å². The van der Waals surface area contributed by atoms with Crippen molar-refractivity contribution in [3.8, 4) is 6.07 Å². The van der Waals surface area contributed by atoms with Gasteiger partial charge in [-0.25, -0.2) is 4.98 Å². The van der Waals surface area contributed by atoms with Gasteiger partial charge in [-0.1, -0.05) is 30.3 Å². The minimum absolute atomic E-state index is 0.566. The second-order valence-corrected chi connectivity index (χ2v) is 6.93. The van der Waals surface area contributed by atoms with Gasteiger partial charge in [-0.2, -0.15) is 5.26 Å². The van der Waals surface area contributed by atoms with E-state index < -0.39 is 0 Å². The largest absolute Gasteiger partial charge is 0.355 e. The van der Waals surface area contributed by atoms with Crippen LogP contribution in [0.4, 0.5) is 5.82 Å². The smallest absolute Gasteiger partial charge is 0.129 e. The number of nitriles is 1. The van der Waals surface area contributed by atoms with E-state index >= 15 is 0 Å². The van der Waals surface area contributed by atoms with Crippen molar-refractivity contribution in [2.45, 2.75) is 25.4 Å². The minimum Gasteiger partial charge on any atom is -0.355 e. The molecule has 2 aromatic rings. The van der Waals surface area contributed by atoms with Crippen molar-refractivity contribution >= 4 is 5.82 Å². The highest BCUT2D eigenvalue weighted by Crippen LogP contribution is 2.31. The SMILES string of the molecule is N#Cc1ccnc(N2C[C@@H]3CC[C@H](C2)N(Cc2ccccc2)C3)c1. The lowest BCUT2D eigenvalue weighted by Crippen LogP contribution is -2.43. The number of hydrogen-bond acceptors (Lipinski definition) is 4. The fourth-order valence-electron chi connectivity index (χ4n) is 4.04. The third-order valence-electron chi connectivity index (χ3n) is 5.25. The second-order valence-electron chi connectivity index (χ2n) is 6.93. The average molecular weight is 318 g/mol. The molecule has 2 bridgehead atoms. The summed E-state index contributed by atoms with van der Waals surface area (Å²) in [6, 6.07) is 17.2. The first-order valence-corrected chi connectivity index (χ1v) is 8.71. The first kappa shape index (κ1) is 15.2. The predicted molar refractivity (Wildman–Crippen MR) is 94.5 cm³/mol. The van der Waals surface area contributed by atoms with Crippen LogP contribution in [0.15, 0.2) is 48.7 Å². The zero-order chi connectivity index (χ0) is 16.4.